The van der Waals surface area contributed by atoms with Crippen LogP contribution in [0.25, 0.3) is 11.0 Å². The highest BCUT2D eigenvalue weighted by Gasteiger charge is 2.17. The Bertz CT molecular complexity index is 546. The molecule has 68 valence electrons. The lowest BCUT2D eigenvalue weighted by Crippen LogP contribution is -1.89. The Kier molecular flexibility index (Phi) is 1.59. The molecule has 0 radical (unpaired) electrons. The van der Waals surface area contributed by atoms with E-state index in [1.165, 1.54) is 12.3 Å². The molecule has 0 fully saturated rings. The molecule has 6 heteroatoms. The van der Waals surface area contributed by atoms with Crippen molar-refractivity contribution in [3.05, 3.63) is 24.5 Å². The Labute approximate surface area is 73.6 Å². The van der Waals surface area contributed by atoms with Crippen LogP contribution in [0.5, 0.6) is 0 Å². The fraction of sp³-hybridized carbons (Fsp3) is 0. The lowest BCUT2D eigenvalue weighted by atomic mass is 10.3. The van der Waals surface area contributed by atoms with E-state index in [-0.39, 0.29) is 10.3 Å². The SMILES string of the molecule is O=S(=O)(F)c1c[nH]c2ncccc12. The first-order chi connectivity index (χ1) is 6.09. The average molecular weight is 200 g/mol. The van der Waals surface area contributed by atoms with E-state index in [1.807, 2.05) is 0 Å². The molecule has 0 saturated heterocycles. The van der Waals surface area contributed by atoms with Crippen LogP contribution in [-0.4, -0.2) is 18.4 Å². The van der Waals surface area contributed by atoms with Crippen LogP contribution in [0.3, 0.4) is 0 Å². The molecular formula is C7H5FN2O2S. The van der Waals surface area contributed by atoms with Crippen molar-refractivity contribution in [2.24, 2.45) is 0 Å². The van der Waals surface area contributed by atoms with Gasteiger partial charge in [0.1, 0.15) is 10.5 Å². The summed E-state index contributed by atoms with van der Waals surface area (Å²) < 4.78 is 33.8. The fourth-order valence-electron chi connectivity index (χ4n) is 1.13. The van der Waals surface area contributed by atoms with E-state index in [0.717, 1.165) is 6.20 Å². The highest BCUT2D eigenvalue weighted by molar-refractivity contribution is 7.86. The second kappa shape index (κ2) is 2.53. The molecular weight excluding hydrogens is 195 g/mol. The molecule has 0 spiro atoms. The van der Waals surface area contributed by atoms with Crippen LogP contribution in [-0.2, 0) is 10.2 Å². The number of aromatic amines is 1. The summed E-state index contributed by atoms with van der Waals surface area (Å²) in [5.74, 6) is 0. The third-order valence-corrected chi connectivity index (χ3v) is 2.54. The molecule has 0 amide bonds. The highest BCUT2D eigenvalue weighted by Crippen LogP contribution is 2.21. The van der Waals surface area contributed by atoms with E-state index in [0.29, 0.717) is 5.65 Å². The van der Waals surface area contributed by atoms with Crippen molar-refractivity contribution in [1.29, 1.82) is 0 Å². The molecule has 13 heavy (non-hydrogen) atoms. The zero-order valence-electron chi connectivity index (χ0n) is 6.36. The van der Waals surface area contributed by atoms with Gasteiger partial charge in [-0.05, 0) is 12.1 Å². The molecule has 0 aliphatic rings. The zero-order chi connectivity index (χ0) is 9.47. The number of rotatable bonds is 1. The van der Waals surface area contributed by atoms with Crippen LogP contribution in [0.4, 0.5) is 3.89 Å². The Hall–Kier alpha value is -1.43. The number of halogens is 1. The normalized spacial score (nSPS) is 12.1. The Balaban J connectivity index is 2.87. The quantitative estimate of drug-likeness (QED) is 0.704. The molecule has 2 heterocycles. The maximum absolute atomic E-state index is 12.6. The summed E-state index contributed by atoms with van der Waals surface area (Å²) in [6.45, 7) is 0. The number of nitrogens with zero attached hydrogens (tertiary/aromatic N) is 1. The van der Waals surface area contributed by atoms with Crippen molar-refractivity contribution in [2.45, 2.75) is 4.90 Å². The van der Waals surface area contributed by atoms with Gasteiger partial charge in [-0.3, -0.25) is 0 Å². The van der Waals surface area contributed by atoms with Crippen LogP contribution in [0.2, 0.25) is 0 Å². The van der Waals surface area contributed by atoms with Crippen molar-refractivity contribution >= 4 is 21.3 Å². The summed E-state index contributed by atoms with van der Waals surface area (Å²) in [5.41, 5.74) is 0.360. The molecule has 4 nitrogen and oxygen atoms in total. The molecule has 2 rings (SSSR count). The smallest absolute Gasteiger partial charge is 0.334 e. The van der Waals surface area contributed by atoms with Crippen LogP contribution in [0.1, 0.15) is 0 Å². The van der Waals surface area contributed by atoms with Crippen LogP contribution in [0.15, 0.2) is 29.4 Å². The van der Waals surface area contributed by atoms with Gasteiger partial charge in [0.25, 0.3) is 0 Å². The molecule has 0 unspecified atom stereocenters. The van der Waals surface area contributed by atoms with Gasteiger partial charge in [0.2, 0.25) is 0 Å². The van der Waals surface area contributed by atoms with Gasteiger partial charge in [0.15, 0.2) is 0 Å². The number of fused-ring (bicyclic) bond motifs is 1. The minimum atomic E-state index is -4.66. The van der Waals surface area contributed by atoms with Crippen molar-refractivity contribution in [1.82, 2.24) is 9.97 Å². The minimum absolute atomic E-state index is 0.269. The van der Waals surface area contributed by atoms with Gasteiger partial charge >= 0.3 is 10.2 Å². The summed E-state index contributed by atoms with van der Waals surface area (Å²) >= 11 is 0. The van der Waals surface area contributed by atoms with Gasteiger partial charge in [-0.2, -0.15) is 8.42 Å². The summed E-state index contributed by atoms with van der Waals surface area (Å²) in [6.07, 6.45) is 2.58. The van der Waals surface area contributed by atoms with Gasteiger partial charge in [-0.1, -0.05) is 0 Å². The van der Waals surface area contributed by atoms with E-state index in [1.54, 1.807) is 6.07 Å². The van der Waals surface area contributed by atoms with Crippen LogP contribution in [0, 0.1) is 0 Å². The lowest BCUT2D eigenvalue weighted by Gasteiger charge is -1.89. The molecule has 1 N–H and O–H groups in total. The number of hydrogen-bond acceptors (Lipinski definition) is 3. The first kappa shape index (κ1) is 8.18. The Morgan fingerprint density at radius 2 is 2.23 bits per heavy atom. The average Bonchev–Trinajstić information content (AvgIpc) is 2.45. The standard InChI is InChI=1S/C7H5FN2O2S/c8-13(11,12)6-4-10-7-5(6)2-1-3-9-7/h1-4H,(H,9,10). The van der Waals surface area contributed by atoms with E-state index >= 15 is 0 Å². The van der Waals surface area contributed by atoms with Gasteiger partial charge in [-0.25, -0.2) is 4.98 Å². The molecule has 0 bridgehead atoms. The van der Waals surface area contributed by atoms with E-state index in [9.17, 15) is 12.3 Å². The van der Waals surface area contributed by atoms with Crippen LogP contribution >= 0.6 is 0 Å². The molecule has 2 aromatic heterocycles. The van der Waals surface area contributed by atoms with Gasteiger partial charge < -0.3 is 4.98 Å². The van der Waals surface area contributed by atoms with Gasteiger partial charge in [0, 0.05) is 17.8 Å². The number of pyridine rings is 1. The largest absolute Gasteiger partial charge is 0.345 e. The van der Waals surface area contributed by atoms with E-state index in [4.69, 9.17) is 0 Å². The minimum Gasteiger partial charge on any atom is -0.345 e. The number of aromatic nitrogens is 2. The van der Waals surface area contributed by atoms with Crippen molar-refractivity contribution in [2.75, 3.05) is 0 Å². The van der Waals surface area contributed by atoms with Crippen molar-refractivity contribution in [3.8, 4) is 0 Å². The molecule has 0 aliphatic heterocycles. The van der Waals surface area contributed by atoms with E-state index < -0.39 is 10.2 Å². The molecule has 0 aliphatic carbocycles. The Morgan fingerprint density at radius 3 is 2.92 bits per heavy atom. The van der Waals surface area contributed by atoms with Crippen molar-refractivity contribution < 1.29 is 12.3 Å². The van der Waals surface area contributed by atoms with Gasteiger partial charge in [0.05, 0.1) is 0 Å². The first-order valence-electron chi connectivity index (χ1n) is 3.46. The molecule has 2 aromatic rings. The Morgan fingerprint density at radius 1 is 1.46 bits per heavy atom. The molecule has 0 saturated carbocycles. The monoisotopic (exact) mass is 200 g/mol. The number of nitrogens with one attached hydrogen (secondary N) is 1. The maximum atomic E-state index is 12.6. The highest BCUT2D eigenvalue weighted by atomic mass is 32.3. The maximum Gasteiger partial charge on any atom is 0.334 e. The summed E-state index contributed by atoms with van der Waals surface area (Å²) in [4.78, 5) is 6.03. The number of hydrogen-bond donors (Lipinski definition) is 1. The molecule has 0 atom stereocenters. The zero-order valence-corrected chi connectivity index (χ0v) is 7.18. The topological polar surface area (TPSA) is 62.8 Å². The summed E-state index contributed by atoms with van der Waals surface area (Å²) in [6, 6.07) is 3.04. The second-order valence-corrected chi connectivity index (χ2v) is 3.81. The van der Waals surface area contributed by atoms with Crippen LogP contribution < -0.4 is 0 Å². The third-order valence-electron chi connectivity index (χ3n) is 1.68. The predicted molar refractivity (Wildman–Crippen MR) is 44.4 cm³/mol. The number of H-pyrrole nitrogens is 1. The second-order valence-electron chi connectivity index (χ2n) is 2.49. The fourth-order valence-corrected chi connectivity index (χ4v) is 1.76. The summed E-state index contributed by atoms with van der Waals surface area (Å²) in [7, 11) is -4.66. The lowest BCUT2D eigenvalue weighted by molar-refractivity contribution is 0.553. The van der Waals surface area contributed by atoms with Gasteiger partial charge in [-0.15, -0.1) is 3.89 Å². The molecule has 0 aromatic carbocycles. The van der Waals surface area contributed by atoms with Crippen molar-refractivity contribution in [3.63, 3.8) is 0 Å². The van der Waals surface area contributed by atoms with E-state index in [2.05, 4.69) is 9.97 Å². The third kappa shape index (κ3) is 1.29. The first-order valence-corrected chi connectivity index (χ1v) is 4.84. The summed E-state index contributed by atoms with van der Waals surface area (Å²) in [5, 5.41) is 0.269. The predicted octanol–water partition coefficient (Wildman–Crippen LogP) is 1.22.